The van der Waals surface area contributed by atoms with Crippen LogP contribution in [-0.2, 0) is 6.42 Å². The Morgan fingerprint density at radius 2 is 2.29 bits per heavy atom. The summed E-state index contributed by atoms with van der Waals surface area (Å²) in [6.45, 7) is 0. The zero-order valence-electron chi connectivity index (χ0n) is 8.01. The number of hydrogen-bond acceptors (Lipinski definition) is 2. The van der Waals surface area contributed by atoms with Crippen molar-refractivity contribution in [3.63, 3.8) is 0 Å². The molecule has 2 nitrogen and oxygen atoms in total. The second-order valence-electron chi connectivity index (χ2n) is 3.55. The van der Waals surface area contributed by atoms with Crippen molar-refractivity contribution in [2.75, 3.05) is 7.05 Å². The predicted molar refractivity (Wildman–Crippen MR) is 51.9 cm³/mol. The van der Waals surface area contributed by atoms with E-state index in [9.17, 15) is 9.18 Å². The van der Waals surface area contributed by atoms with Gasteiger partial charge in [0, 0.05) is 5.56 Å². The van der Waals surface area contributed by atoms with E-state index in [-0.39, 0.29) is 17.6 Å². The molecule has 0 fully saturated rings. The van der Waals surface area contributed by atoms with E-state index < -0.39 is 0 Å². The van der Waals surface area contributed by atoms with Crippen LogP contribution in [0.2, 0.25) is 0 Å². The number of benzene rings is 1. The van der Waals surface area contributed by atoms with Crippen molar-refractivity contribution in [2.45, 2.75) is 18.9 Å². The van der Waals surface area contributed by atoms with Gasteiger partial charge in [0.1, 0.15) is 5.82 Å². The highest BCUT2D eigenvalue weighted by molar-refractivity contribution is 6.02. The third-order valence-electron chi connectivity index (χ3n) is 2.70. The maximum Gasteiger partial charge on any atom is 0.180 e. The first-order valence-corrected chi connectivity index (χ1v) is 4.72. The van der Waals surface area contributed by atoms with Crippen molar-refractivity contribution < 1.29 is 9.18 Å². The van der Waals surface area contributed by atoms with Crippen LogP contribution in [0, 0.1) is 5.82 Å². The Bertz CT molecular complexity index is 376. The Morgan fingerprint density at radius 1 is 1.50 bits per heavy atom. The third kappa shape index (κ3) is 1.44. The van der Waals surface area contributed by atoms with E-state index in [0.29, 0.717) is 5.56 Å². The van der Waals surface area contributed by atoms with Crippen molar-refractivity contribution in [3.8, 4) is 0 Å². The Labute approximate surface area is 82.1 Å². The molecule has 0 aliphatic heterocycles. The third-order valence-corrected chi connectivity index (χ3v) is 2.70. The van der Waals surface area contributed by atoms with Crippen LogP contribution >= 0.6 is 0 Å². The number of likely N-dealkylation sites (N-methyl/N-ethyl adjacent to an activating group) is 1. The van der Waals surface area contributed by atoms with E-state index >= 15 is 0 Å². The summed E-state index contributed by atoms with van der Waals surface area (Å²) < 4.78 is 12.9. The second-order valence-corrected chi connectivity index (χ2v) is 3.55. The fourth-order valence-corrected chi connectivity index (χ4v) is 1.89. The van der Waals surface area contributed by atoms with Crippen LogP contribution in [0.1, 0.15) is 22.3 Å². The first kappa shape index (κ1) is 9.34. The molecule has 0 aromatic heterocycles. The lowest BCUT2D eigenvalue weighted by Gasteiger charge is -2.22. The maximum absolute atomic E-state index is 12.9. The highest BCUT2D eigenvalue weighted by atomic mass is 19.1. The van der Waals surface area contributed by atoms with E-state index in [4.69, 9.17) is 0 Å². The lowest BCUT2D eigenvalue weighted by atomic mass is 9.87. The first-order valence-electron chi connectivity index (χ1n) is 4.72. The second kappa shape index (κ2) is 3.50. The number of ketones is 1. The molecule has 0 radical (unpaired) electrons. The van der Waals surface area contributed by atoms with Crippen LogP contribution in [0.25, 0.3) is 0 Å². The minimum Gasteiger partial charge on any atom is -0.310 e. The number of aryl methyl sites for hydroxylation is 1. The fraction of sp³-hybridized carbons (Fsp3) is 0.364. The van der Waals surface area contributed by atoms with Gasteiger partial charge in [0.05, 0.1) is 6.04 Å². The van der Waals surface area contributed by atoms with Gasteiger partial charge in [0.15, 0.2) is 5.78 Å². The van der Waals surface area contributed by atoms with E-state index in [2.05, 4.69) is 5.32 Å². The molecule has 0 amide bonds. The largest absolute Gasteiger partial charge is 0.310 e. The molecule has 1 unspecified atom stereocenters. The number of fused-ring (bicyclic) bond motifs is 1. The van der Waals surface area contributed by atoms with Gasteiger partial charge in [-0.2, -0.15) is 0 Å². The monoisotopic (exact) mass is 193 g/mol. The van der Waals surface area contributed by atoms with Crippen molar-refractivity contribution in [2.24, 2.45) is 0 Å². The number of carbonyl (C=O) groups is 1. The summed E-state index contributed by atoms with van der Waals surface area (Å²) in [5, 5.41) is 2.94. The molecular weight excluding hydrogens is 181 g/mol. The lowest BCUT2D eigenvalue weighted by Crippen LogP contribution is -2.38. The number of rotatable bonds is 1. The molecule has 14 heavy (non-hydrogen) atoms. The van der Waals surface area contributed by atoms with Crippen LogP contribution < -0.4 is 5.32 Å². The molecular formula is C11H12FNO. The molecule has 1 atom stereocenters. The van der Waals surface area contributed by atoms with E-state index in [1.807, 2.05) is 0 Å². The number of Topliss-reactive ketones (excluding diaryl/α,β-unsaturated/α-hetero) is 1. The number of halogens is 1. The van der Waals surface area contributed by atoms with Crippen molar-refractivity contribution in [1.82, 2.24) is 5.32 Å². The van der Waals surface area contributed by atoms with E-state index in [0.717, 1.165) is 18.4 Å². The van der Waals surface area contributed by atoms with Crippen LogP contribution in [-0.4, -0.2) is 18.9 Å². The van der Waals surface area contributed by atoms with Crippen molar-refractivity contribution in [1.29, 1.82) is 0 Å². The molecule has 1 N–H and O–H groups in total. The summed E-state index contributed by atoms with van der Waals surface area (Å²) in [6.07, 6.45) is 1.64. The molecule has 0 saturated heterocycles. The Morgan fingerprint density at radius 3 is 3.00 bits per heavy atom. The van der Waals surface area contributed by atoms with Gasteiger partial charge in [0.2, 0.25) is 0 Å². The smallest absolute Gasteiger partial charge is 0.180 e. The summed E-state index contributed by atoms with van der Waals surface area (Å²) in [5.74, 6) is -0.331. The predicted octanol–water partition coefficient (Wildman–Crippen LogP) is 1.54. The molecule has 3 heteroatoms. The zero-order chi connectivity index (χ0) is 10.1. The molecule has 0 saturated carbocycles. The molecule has 1 aromatic rings. The van der Waals surface area contributed by atoms with Crippen LogP contribution in [0.15, 0.2) is 18.2 Å². The molecule has 0 heterocycles. The van der Waals surface area contributed by atoms with Crippen molar-refractivity contribution >= 4 is 5.78 Å². The SMILES string of the molecule is CNC1CCc2ccc(F)cc2C1=O. The average molecular weight is 193 g/mol. The molecule has 1 aromatic carbocycles. The maximum atomic E-state index is 12.9. The minimum atomic E-state index is -0.339. The van der Waals surface area contributed by atoms with Gasteiger partial charge < -0.3 is 5.32 Å². The Hall–Kier alpha value is -1.22. The number of nitrogens with one attached hydrogen (secondary N) is 1. The topological polar surface area (TPSA) is 29.1 Å². The zero-order valence-corrected chi connectivity index (χ0v) is 8.01. The van der Waals surface area contributed by atoms with Gasteiger partial charge in [-0.3, -0.25) is 4.79 Å². The molecule has 1 aliphatic carbocycles. The van der Waals surface area contributed by atoms with Gasteiger partial charge in [-0.25, -0.2) is 4.39 Å². The summed E-state index contributed by atoms with van der Waals surface area (Å²) >= 11 is 0. The van der Waals surface area contributed by atoms with E-state index in [1.165, 1.54) is 12.1 Å². The highest BCUT2D eigenvalue weighted by Gasteiger charge is 2.25. The fourth-order valence-electron chi connectivity index (χ4n) is 1.89. The standard InChI is InChI=1S/C11H12FNO/c1-13-10-5-3-7-2-4-8(12)6-9(7)11(10)14/h2,4,6,10,13H,3,5H2,1H3. The summed E-state index contributed by atoms with van der Waals surface area (Å²) in [7, 11) is 1.76. The average Bonchev–Trinajstić information content (AvgIpc) is 2.20. The quantitative estimate of drug-likeness (QED) is 0.733. The van der Waals surface area contributed by atoms with Crippen LogP contribution in [0.4, 0.5) is 4.39 Å². The molecule has 0 bridgehead atoms. The molecule has 1 aliphatic rings. The first-order chi connectivity index (χ1) is 6.72. The van der Waals surface area contributed by atoms with Gasteiger partial charge in [-0.1, -0.05) is 6.07 Å². The van der Waals surface area contributed by atoms with Gasteiger partial charge in [0.25, 0.3) is 0 Å². The van der Waals surface area contributed by atoms with Crippen LogP contribution in [0.5, 0.6) is 0 Å². The lowest BCUT2D eigenvalue weighted by molar-refractivity contribution is 0.0932. The molecule has 74 valence electrons. The van der Waals surface area contributed by atoms with Crippen LogP contribution in [0.3, 0.4) is 0 Å². The Balaban J connectivity index is 2.43. The van der Waals surface area contributed by atoms with Gasteiger partial charge in [-0.05, 0) is 37.6 Å². The molecule has 0 spiro atoms. The number of carbonyl (C=O) groups excluding carboxylic acids is 1. The highest BCUT2D eigenvalue weighted by Crippen LogP contribution is 2.22. The summed E-state index contributed by atoms with van der Waals surface area (Å²) in [6, 6.07) is 4.30. The van der Waals surface area contributed by atoms with Crippen molar-refractivity contribution in [3.05, 3.63) is 35.1 Å². The summed E-state index contributed by atoms with van der Waals surface area (Å²) in [5.41, 5.74) is 1.50. The normalized spacial score (nSPS) is 20.7. The van der Waals surface area contributed by atoms with Gasteiger partial charge in [-0.15, -0.1) is 0 Å². The Kier molecular flexibility index (Phi) is 2.33. The van der Waals surface area contributed by atoms with E-state index in [1.54, 1.807) is 13.1 Å². The van der Waals surface area contributed by atoms with Gasteiger partial charge >= 0.3 is 0 Å². The minimum absolute atomic E-state index is 0.00764. The number of hydrogen-bond donors (Lipinski definition) is 1. The molecule has 2 rings (SSSR count). The summed E-state index contributed by atoms with van der Waals surface area (Å²) in [4.78, 5) is 11.8.